The third-order valence-corrected chi connectivity index (χ3v) is 4.88. The summed E-state index contributed by atoms with van der Waals surface area (Å²) in [5.74, 6) is -4.32. The van der Waals surface area contributed by atoms with Crippen molar-refractivity contribution in [3.8, 4) is 0 Å². The summed E-state index contributed by atoms with van der Waals surface area (Å²) in [6.45, 7) is 3.65. The van der Waals surface area contributed by atoms with Gasteiger partial charge < -0.3 is 14.3 Å². The van der Waals surface area contributed by atoms with Crippen LogP contribution < -0.4 is 0 Å². The van der Waals surface area contributed by atoms with Crippen molar-refractivity contribution >= 4 is 28.8 Å². The Morgan fingerprint density at radius 3 is 2.65 bits per heavy atom. The molecule has 138 valence electrons. The molecule has 0 saturated heterocycles. The number of aryl methyl sites for hydroxylation is 1. The Hall–Kier alpha value is -2.70. The third kappa shape index (κ3) is 3.34. The minimum Gasteiger partial charge on any atom is -0.481 e. The highest BCUT2D eigenvalue weighted by Crippen LogP contribution is 2.36. The lowest BCUT2D eigenvalue weighted by Crippen LogP contribution is -2.29. The van der Waals surface area contributed by atoms with Crippen LogP contribution >= 0.6 is 0 Å². The number of aliphatic carboxylic acids is 1. The predicted octanol–water partition coefficient (Wildman–Crippen LogP) is 2.85. The topological polar surface area (TPSA) is 107 Å². The molecular formula is C19H21NO6. The van der Waals surface area contributed by atoms with E-state index in [4.69, 9.17) is 14.3 Å². The number of nitrogens with zero attached hydrogens (tertiary/aromatic N) is 1. The second-order valence-corrected chi connectivity index (χ2v) is 6.61. The van der Waals surface area contributed by atoms with Crippen molar-refractivity contribution in [2.75, 3.05) is 6.61 Å². The molecule has 1 heterocycles. The first kappa shape index (κ1) is 18.1. The molecule has 7 nitrogen and oxygen atoms in total. The van der Waals surface area contributed by atoms with Gasteiger partial charge in [0.25, 0.3) is 0 Å². The fourth-order valence-electron chi connectivity index (χ4n) is 3.49. The molecule has 3 unspecified atom stereocenters. The van der Waals surface area contributed by atoms with Gasteiger partial charge >= 0.3 is 11.9 Å². The van der Waals surface area contributed by atoms with Crippen molar-refractivity contribution in [1.29, 1.82) is 0 Å². The van der Waals surface area contributed by atoms with Gasteiger partial charge in [-0.1, -0.05) is 12.1 Å². The minimum absolute atomic E-state index is 0.0107. The number of rotatable bonds is 6. The number of benzene rings is 1. The second kappa shape index (κ2) is 7.27. The molecule has 0 bridgehead atoms. The molecule has 0 radical (unpaired) electrons. The van der Waals surface area contributed by atoms with Crippen LogP contribution in [0.2, 0.25) is 0 Å². The number of aromatic nitrogens is 1. The molecule has 1 aliphatic rings. The minimum atomic E-state index is -1.26. The number of ether oxygens (including phenoxy) is 1. The van der Waals surface area contributed by atoms with Crippen LogP contribution in [0.1, 0.15) is 43.6 Å². The van der Waals surface area contributed by atoms with Gasteiger partial charge in [0.1, 0.15) is 5.52 Å². The fourth-order valence-corrected chi connectivity index (χ4v) is 3.49. The highest BCUT2D eigenvalue weighted by atomic mass is 16.5. The molecule has 0 spiro atoms. The van der Waals surface area contributed by atoms with Gasteiger partial charge in [-0.3, -0.25) is 14.4 Å². The number of carboxylic acid groups (broad SMARTS) is 1. The van der Waals surface area contributed by atoms with E-state index in [1.165, 1.54) is 0 Å². The maximum atomic E-state index is 13.0. The van der Waals surface area contributed by atoms with Crippen LogP contribution in [-0.4, -0.2) is 34.4 Å². The summed E-state index contributed by atoms with van der Waals surface area (Å²) in [6.07, 6.45) is 1.09. The van der Waals surface area contributed by atoms with Crippen LogP contribution in [0.25, 0.3) is 11.1 Å². The highest BCUT2D eigenvalue weighted by Gasteiger charge is 2.42. The molecule has 1 N–H and O–H groups in total. The summed E-state index contributed by atoms with van der Waals surface area (Å²) in [6, 6.07) is 5.40. The maximum Gasteiger partial charge on any atom is 0.326 e. The number of fused-ring (bicyclic) bond motifs is 1. The van der Waals surface area contributed by atoms with Crippen LogP contribution in [0.15, 0.2) is 22.6 Å². The molecule has 26 heavy (non-hydrogen) atoms. The lowest BCUT2D eigenvalue weighted by molar-refractivity contribution is -0.149. The predicted molar refractivity (Wildman–Crippen MR) is 91.6 cm³/mol. The Morgan fingerprint density at radius 2 is 2.04 bits per heavy atom. The molecule has 1 aliphatic carbocycles. The van der Waals surface area contributed by atoms with Crippen molar-refractivity contribution < 1.29 is 28.6 Å². The van der Waals surface area contributed by atoms with Crippen molar-refractivity contribution in [2.24, 2.45) is 11.8 Å². The molecule has 7 heteroatoms. The number of Topliss-reactive ketones (excluding diaryl/α,β-unsaturated/α-hetero) is 1. The average molecular weight is 359 g/mol. The molecule has 0 aliphatic heterocycles. The van der Waals surface area contributed by atoms with Crippen molar-refractivity contribution in [3.05, 3.63) is 29.7 Å². The Morgan fingerprint density at radius 1 is 1.31 bits per heavy atom. The second-order valence-electron chi connectivity index (χ2n) is 6.61. The van der Waals surface area contributed by atoms with E-state index in [2.05, 4.69) is 4.98 Å². The van der Waals surface area contributed by atoms with Gasteiger partial charge in [-0.25, -0.2) is 4.98 Å². The molecule has 1 fully saturated rings. The monoisotopic (exact) mass is 359 g/mol. The van der Waals surface area contributed by atoms with Gasteiger partial charge in [0.2, 0.25) is 5.89 Å². The molecule has 1 aromatic carbocycles. The summed E-state index contributed by atoms with van der Waals surface area (Å²) in [5.41, 5.74) is 1.97. The van der Waals surface area contributed by atoms with Gasteiger partial charge in [-0.05, 0) is 44.7 Å². The van der Waals surface area contributed by atoms with E-state index < -0.39 is 29.7 Å². The molecule has 1 aromatic heterocycles. The number of oxazole rings is 1. The Balaban J connectivity index is 1.94. The lowest BCUT2D eigenvalue weighted by Gasteiger charge is -2.15. The first-order valence-corrected chi connectivity index (χ1v) is 8.71. The largest absolute Gasteiger partial charge is 0.481 e. The Kier molecular flexibility index (Phi) is 5.06. The van der Waals surface area contributed by atoms with E-state index >= 15 is 0 Å². The van der Waals surface area contributed by atoms with E-state index in [-0.39, 0.29) is 24.7 Å². The van der Waals surface area contributed by atoms with Crippen LogP contribution in [0.5, 0.6) is 0 Å². The molecule has 1 saturated carbocycles. The number of ketones is 1. The molecule has 0 amide bonds. The van der Waals surface area contributed by atoms with E-state index in [9.17, 15) is 14.4 Å². The summed E-state index contributed by atoms with van der Waals surface area (Å²) < 4.78 is 10.7. The molecule has 3 rings (SSSR count). The maximum absolute atomic E-state index is 13.0. The third-order valence-electron chi connectivity index (χ3n) is 4.88. The highest BCUT2D eigenvalue weighted by molar-refractivity contribution is 6.05. The van der Waals surface area contributed by atoms with Crippen LogP contribution in [0.3, 0.4) is 0 Å². The zero-order valence-corrected chi connectivity index (χ0v) is 14.7. The smallest absolute Gasteiger partial charge is 0.326 e. The number of carbonyl (C=O) groups is 3. The number of esters is 1. The van der Waals surface area contributed by atoms with Gasteiger partial charge in [0.15, 0.2) is 17.3 Å². The average Bonchev–Trinajstić information content (AvgIpc) is 3.22. The zero-order chi connectivity index (χ0) is 18.8. The first-order valence-electron chi connectivity index (χ1n) is 8.71. The first-order chi connectivity index (χ1) is 12.4. The van der Waals surface area contributed by atoms with E-state index in [1.807, 2.05) is 19.1 Å². The quantitative estimate of drug-likeness (QED) is 0.624. The summed E-state index contributed by atoms with van der Waals surface area (Å²) in [4.78, 5) is 41.0. The summed E-state index contributed by atoms with van der Waals surface area (Å²) in [7, 11) is 0. The van der Waals surface area contributed by atoms with Crippen LogP contribution in [0.4, 0.5) is 0 Å². The van der Waals surface area contributed by atoms with Crippen LogP contribution in [-0.2, 0) is 19.1 Å². The summed E-state index contributed by atoms with van der Waals surface area (Å²) in [5, 5.41) is 9.15. The molecule has 3 atom stereocenters. The normalized spacial score (nSPS) is 20.8. The standard InChI is InChI=1S/C19H21NO6/c1-3-25-19(24)14(16(21)11-7-8-12(9-11)18(22)23)17-20-15-10(2)5-4-6-13(15)26-17/h4-6,11-12,14H,3,7-9H2,1-2H3,(H,22,23). The number of carboxylic acids is 1. The van der Waals surface area contributed by atoms with Crippen molar-refractivity contribution in [1.82, 2.24) is 4.98 Å². The Bertz CT molecular complexity index is 855. The van der Waals surface area contributed by atoms with Gasteiger partial charge in [0.05, 0.1) is 12.5 Å². The zero-order valence-electron chi connectivity index (χ0n) is 14.7. The molecular weight excluding hydrogens is 338 g/mol. The van der Waals surface area contributed by atoms with Gasteiger partial charge in [0, 0.05) is 5.92 Å². The van der Waals surface area contributed by atoms with Gasteiger partial charge in [-0.2, -0.15) is 0 Å². The SMILES string of the molecule is CCOC(=O)C(C(=O)C1CCC(C(=O)O)C1)c1nc2c(C)cccc2o1. The summed E-state index contributed by atoms with van der Waals surface area (Å²) >= 11 is 0. The number of carbonyl (C=O) groups excluding carboxylic acids is 2. The van der Waals surface area contributed by atoms with Gasteiger partial charge in [-0.15, -0.1) is 0 Å². The molecule has 2 aromatic rings. The number of hydrogen-bond acceptors (Lipinski definition) is 6. The Labute approximate surface area is 150 Å². The van der Waals surface area contributed by atoms with E-state index in [1.54, 1.807) is 13.0 Å². The number of para-hydroxylation sites is 1. The lowest BCUT2D eigenvalue weighted by atomic mass is 9.90. The van der Waals surface area contributed by atoms with Crippen molar-refractivity contribution in [2.45, 2.75) is 39.0 Å². The number of hydrogen-bond donors (Lipinski definition) is 1. The van der Waals surface area contributed by atoms with E-state index in [0.29, 0.717) is 23.9 Å². The van der Waals surface area contributed by atoms with E-state index in [0.717, 1.165) is 5.56 Å². The van der Waals surface area contributed by atoms with Crippen molar-refractivity contribution in [3.63, 3.8) is 0 Å². The van der Waals surface area contributed by atoms with Crippen LogP contribution in [0, 0.1) is 18.8 Å². The fraction of sp³-hybridized carbons (Fsp3) is 0.474.